The number of imidazole rings is 1. The van der Waals surface area contributed by atoms with Crippen molar-refractivity contribution in [3.63, 3.8) is 0 Å². The van der Waals surface area contributed by atoms with Crippen molar-refractivity contribution in [3.8, 4) is 22.2 Å². The molecule has 108 valence electrons. The van der Waals surface area contributed by atoms with Gasteiger partial charge in [0, 0.05) is 29.0 Å². The second-order valence-corrected chi connectivity index (χ2v) is 6.17. The lowest BCUT2D eigenvalue weighted by atomic mass is 10.3. The maximum Gasteiger partial charge on any atom is 0.154 e. The van der Waals surface area contributed by atoms with Crippen LogP contribution in [0.5, 0.6) is 11.5 Å². The lowest BCUT2D eigenvalue weighted by Gasteiger charge is -2.06. The zero-order chi connectivity index (χ0) is 14.9. The van der Waals surface area contributed by atoms with Crippen LogP contribution in [-0.2, 0) is 0 Å². The second kappa shape index (κ2) is 5.44. The highest BCUT2D eigenvalue weighted by Crippen LogP contribution is 2.37. The smallest absolute Gasteiger partial charge is 0.154 e. The maximum absolute atomic E-state index is 5.93. The molecule has 4 aromatic rings. The van der Waals surface area contributed by atoms with Crippen molar-refractivity contribution in [2.24, 2.45) is 0 Å². The quantitative estimate of drug-likeness (QED) is 0.567. The van der Waals surface area contributed by atoms with Gasteiger partial charge in [-0.25, -0.2) is 4.98 Å². The Labute approximate surface area is 135 Å². The molecule has 0 bridgehead atoms. The highest BCUT2D eigenvalue weighted by molar-refractivity contribution is 7.22. The molecule has 1 aromatic carbocycles. The lowest BCUT2D eigenvalue weighted by Crippen LogP contribution is -1.85. The summed E-state index contributed by atoms with van der Waals surface area (Å²) in [6.07, 6.45) is 7.10. The highest BCUT2D eigenvalue weighted by Gasteiger charge is 2.11. The van der Waals surface area contributed by atoms with Crippen LogP contribution in [0.25, 0.3) is 20.8 Å². The van der Waals surface area contributed by atoms with Gasteiger partial charge in [0.25, 0.3) is 0 Å². The van der Waals surface area contributed by atoms with E-state index in [0.29, 0.717) is 10.8 Å². The molecule has 0 saturated carbocycles. The van der Waals surface area contributed by atoms with Gasteiger partial charge in [-0.3, -0.25) is 4.98 Å². The van der Waals surface area contributed by atoms with Crippen LogP contribution in [0.2, 0.25) is 5.02 Å². The average Bonchev–Trinajstić information content (AvgIpc) is 3.18. The number of nitrogens with zero attached hydrogens (tertiary/aromatic N) is 2. The highest BCUT2D eigenvalue weighted by atomic mass is 35.5. The molecule has 0 unspecified atom stereocenters. The fourth-order valence-electron chi connectivity index (χ4n) is 2.16. The summed E-state index contributed by atoms with van der Waals surface area (Å²) in [5.41, 5.74) is 0. The molecule has 6 heteroatoms. The fraction of sp³-hybridized carbons (Fsp3) is 0. The summed E-state index contributed by atoms with van der Waals surface area (Å²) in [5.74, 6) is 2.29. The second-order valence-electron chi connectivity index (χ2n) is 4.65. The number of pyridine rings is 1. The Kier molecular flexibility index (Phi) is 3.29. The Morgan fingerprint density at radius 2 is 2.00 bits per heavy atom. The first kappa shape index (κ1) is 13.3. The molecule has 1 N–H and O–H groups in total. The Bertz CT molecular complexity index is 916. The summed E-state index contributed by atoms with van der Waals surface area (Å²) < 4.78 is 6.99. The van der Waals surface area contributed by atoms with Crippen LogP contribution in [0, 0.1) is 0 Å². The van der Waals surface area contributed by atoms with E-state index in [4.69, 9.17) is 16.3 Å². The average molecular weight is 328 g/mol. The number of rotatable bonds is 3. The number of aromatic nitrogens is 3. The van der Waals surface area contributed by atoms with Crippen molar-refractivity contribution >= 4 is 33.0 Å². The van der Waals surface area contributed by atoms with Gasteiger partial charge in [-0.2, -0.15) is 0 Å². The molecule has 0 aliphatic carbocycles. The predicted molar refractivity (Wildman–Crippen MR) is 88.7 cm³/mol. The fourth-order valence-corrected chi connectivity index (χ4v) is 3.29. The summed E-state index contributed by atoms with van der Waals surface area (Å²) in [4.78, 5) is 12.7. The predicted octanol–water partition coefficient (Wildman–Crippen LogP) is 5.13. The van der Waals surface area contributed by atoms with Gasteiger partial charge in [0.05, 0.1) is 15.8 Å². The first-order valence-corrected chi connectivity index (χ1v) is 7.80. The SMILES string of the molecule is Clc1ccc(Oc2cncc3sc(-c4ncc[nH]4)cc23)cc1. The maximum atomic E-state index is 5.93. The third kappa shape index (κ3) is 2.45. The van der Waals surface area contributed by atoms with Gasteiger partial charge in [-0.1, -0.05) is 11.6 Å². The summed E-state index contributed by atoms with van der Waals surface area (Å²) >= 11 is 7.52. The van der Waals surface area contributed by atoms with Crippen molar-refractivity contribution in [2.45, 2.75) is 0 Å². The first-order chi connectivity index (χ1) is 10.8. The van der Waals surface area contributed by atoms with Gasteiger partial charge < -0.3 is 9.72 Å². The molecule has 0 spiro atoms. The van der Waals surface area contributed by atoms with Crippen LogP contribution < -0.4 is 4.74 Å². The van der Waals surface area contributed by atoms with E-state index in [9.17, 15) is 0 Å². The molecule has 3 aromatic heterocycles. The summed E-state index contributed by atoms with van der Waals surface area (Å²) in [6, 6.07) is 9.33. The molecule has 4 nitrogen and oxygen atoms in total. The molecular weight excluding hydrogens is 318 g/mol. The van der Waals surface area contributed by atoms with Gasteiger partial charge in [-0.05, 0) is 30.3 Å². The molecule has 0 amide bonds. The molecule has 3 heterocycles. The number of fused-ring (bicyclic) bond motifs is 1. The number of nitrogens with one attached hydrogen (secondary N) is 1. The Morgan fingerprint density at radius 3 is 2.77 bits per heavy atom. The summed E-state index contributed by atoms with van der Waals surface area (Å²) in [7, 11) is 0. The number of aromatic amines is 1. The minimum atomic E-state index is 0.680. The number of benzene rings is 1. The van der Waals surface area contributed by atoms with E-state index in [1.54, 1.807) is 35.9 Å². The number of hydrogen-bond donors (Lipinski definition) is 1. The number of halogens is 1. The van der Waals surface area contributed by atoms with Crippen LogP contribution in [0.3, 0.4) is 0 Å². The van der Waals surface area contributed by atoms with Crippen LogP contribution >= 0.6 is 22.9 Å². The molecular formula is C16H10ClN3OS. The monoisotopic (exact) mass is 327 g/mol. The minimum absolute atomic E-state index is 0.680. The van der Waals surface area contributed by atoms with E-state index >= 15 is 0 Å². The molecule has 0 aliphatic rings. The van der Waals surface area contributed by atoms with E-state index in [-0.39, 0.29) is 0 Å². The molecule has 4 rings (SSSR count). The summed E-state index contributed by atoms with van der Waals surface area (Å²) in [5, 5.41) is 1.70. The normalized spacial score (nSPS) is 11.0. The molecule has 22 heavy (non-hydrogen) atoms. The van der Waals surface area contributed by atoms with Gasteiger partial charge in [0.1, 0.15) is 11.6 Å². The Hall–Kier alpha value is -2.37. The minimum Gasteiger partial charge on any atom is -0.455 e. The Morgan fingerprint density at radius 1 is 1.14 bits per heavy atom. The molecule has 0 fully saturated rings. The van der Waals surface area contributed by atoms with Gasteiger partial charge in [0.2, 0.25) is 0 Å². The van der Waals surface area contributed by atoms with Crippen LogP contribution in [0.15, 0.2) is 55.1 Å². The third-order valence-electron chi connectivity index (χ3n) is 3.18. The molecule has 0 atom stereocenters. The summed E-state index contributed by atoms with van der Waals surface area (Å²) in [6.45, 7) is 0. The third-order valence-corrected chi connectivity index (χ3v) is 4.51. The largest absolute Gasteiger partial charge is 0.455 e. The number of H-pyrrole nitrogens is 1. The van der Waals surface area contributed by atoms with E-state index in [2.05, 4.69) is 21.0 Å². The number of thiophene rings is 1. The Balaban J connectivity index is 1.76. The lowest BCUT2D eigenvalue weighted by molar-refractivity contribution is 0.486. The van der Waals surface area contributed by atoms with Crippen LogP contribution in [0.1, 0.15) is 0 Å². The molecule has 0 radical (unpaired) electrons. The van der Waals surface area contributed by atoms with E-state index in [0.717, 1.165) is 26.5 Å². The molecule has 0 aliphatic heterocycles. The standard InChI is InChI=1S/C16H10ClN3OS/c17-10-1-3-11(4-2-10)21-13-8-18-9-15-12(13)7-14(22-15)16-19-5-6-20-16/h1-9H,(H,19,20). The van der Waals surface area contributed by atoms with Gasteiger partial charge in [-0.15, -0.1) is 11.3 Å². The van der Waals surface area contributed by atoms with E-state index in [1.165, 1.54) is 0 Å². The van der Waals surface area contributed by atoms with Crippen LogP contribution in [0.4, 0.5) is 0 Å². The number of hydrogen-bond acceptors (Lipinski definition) is 4. The van der Waals surface area contributed by atoms with Gasteiger partial charge >= 0.3 is 0 Å². The van der Waals surface area contributed by atoms with E-state index < -0.39 is 0 Å². The topological polar surface area (TPSA) is 50.8 Å². The van der Waals surface area contributed by atoms with Crippen molar-refractivity contribution in [1.29, 1.82) is 0 Å². The van der Waals surface area contributed by atoms with Crippen molar-refractivity contribution in [2.75, 3.05) is 0 Å². The van der Waals surface area contributed by atoms with Crippen molar-refractivity contribution in [3.05, 3.63) is 60.1 Å². The van der Waals surface area contributed by atoms with Crippen molar-refractivity contribution in [1.82, 2.24) is 15.0 Å². The van der Waals surface area contributed by atoms with Crippen LogP contribution in [-0.4, -0.2) is 15.0 Å². The zero-order valence-electron chi connectivity index (χ0n) is 11.3. The number of ether oxygens (including phenoxy) is 1. The van der Waals surface area contributed by atoms with E-state index in [1.807, 2.05) is 24.5 Å². The van der Waals surface area contributed by atoms with Gasteiger partial charge in [0.15, 0.2) is 5.75 Å². The first-order valence-electron chi connectivity index (χ1n) is 6.60. The zero-order valence-corrected chi connectivity index (χ0v) is 12.9. The molecule has 0 saturated heterocycles. The van der Waals surface area contributed by atoms with Crippen molar-refractivity contribution < 1.29 is 4.74 Å².